The van der Waals surface area contributed by atoms with Crippen LogP contribution >= 0.6 is 12.4 Å². The molecule has 2 aromatic carbocycles. The number of benzene rings is 2. The molecule has 3 N–H and O–H groups in total. The third kappa shape index (κ3) is 7.41. The lowest BCUT2D eigenvalue weighted by Crippen LogP contribution is -2.13. The van der Waals surface area contributed by atoms with Crippen molar-refractivity contribution in [1.82, 2.24) is 0 Å². The summed E-state index contributed by atoms with van der Waals surface area (Å²) in [6, 6.07) is 13.3. The number of halogens is 2. The van der Waals surface area contributed by atoms with Crippen LogP contribution < -0.4 is 20.5 Å². The van der Waals surface area contributed by atoms with E-state index >= 15 is 0 Å². The van der Waals surface area contributed by atoms with E-state index in [-0.39, 0.29) is 30.7 Å². The summed E-state index contributed by atoms with van der Waals surface area (Å²) in [7, 11) is 0. The molecule has 2 aromatic rings. The van der Waals surface area contributed by atoms with Crippen molar-refractivity contribution in [3.8, 4) is 11.5 Å². The van der Waals surface area contributed by atoms with E-state index in [0.717, 1.165) is 0 Å². The number of hydrogen-bond acceptors (Lipinski definition) is 4. The van der Waals surface area contributed by atoms with E-state index in [2.05, 4.69) is 5.32 Å². The largest absolute Gasteiger partial charge is 0.492 e. The van der Waals surface area contributed by atoms with Crippen molar-refractivity contribution in [1.29, 1.82) is 0 Å². The number of amides is 1. The maximum absolute atomic E-state index is 13.4. The Morgan fingerprint density at radius 1 is 1.04 bits per heavy atom. The van der Waals surface area contributed by atoms with E-state index in [1.54, 1.807) is 42.5 Å². The molecule has 0 radical (unpaired) electrons. The first-order valence-electron chi connectivity index (χ1n) is 7.79. The molecule has 7 heteroatoms. The highest BCUT2D eigenvalue weighted by Gasteiger charge is 2.05. The first kappa shape index (κ1) is 20.7. The number of carbonyl (C=O) groups excluding carboxylic acids is 1. The molecule has 0 fully saturated rings. The molecule has 5 nitrogen and oxygen atoms in total. The van der Waals surface area contributed by atoms with Gasteiger partial charge in [0.1, 0.15) is 12.4 Å². The van der Waals surface area contributed by atoms with Gasteiger partial charge in [0.2, 0.25) is 5.91 Å². The fourth-order valence-corrected chi connectivity index (χ4v) is 2.01. The second-order valence-electron chi connectivity index (χ2n) is 5.09. The first-order chi connectivity index (χ1) is 11.7. The van der Waals surface area contributed by atoms with Crippen LogP contribution in [0.4, 0.5) is 10.1 Å². The van der Waals surface area contributed by atoms with Gasteiger partial charge in [0.15, 0.2) is 11.6 Å². The second-order valence-corrected chi connectivity index (χ2v) is 5.09. The van der Waals surface area contributed by atoms with Crippen LogP contribution in [0.25, 0.3) is 0 Å². The van der Waals surface area contributed by atoms with Gasteiger partial charge in [0.05, 0.1) is 6.61 Å². The molecule has 0 saturated carbocycles. The van der Waals surface area contributed by atoms with Gasteiger partial charge in [-0.3, -0.25) is 4.79 Å². The third-order valence-electron chi connectivity index (χ3n) is 3.17. The number of hydrogen-bond donors (Lipinski definition) is 2. The fourth-order valence-electron chi connectivity index (χ4n) is 2.01. The van der Waals surface area contributed by atoms with Crippen LogP contribution in [0.1, 0.15) is 12.8 Å². The Hall–Kier alpha value is -2.31. The lowest BCUT2D eigenvalue weighted by Gasteiger charge is -2.09. The van der Waals surface area contributed by atoms with Gasteiger partial charge in [0, 0.05) is 18.7 Å². The maximum atomic E-state index is 13.4. The van der Waals surface area contributed by atoms with E-state index in [9.17, 15) is 9.18 Å². The van der Waals surface area contributed by atoms with Crippen LogP contribution in [-0.2, 0) is 4.79 Å². The van der Waals surface area contributed by atoms with Gasteiger partial charge < -0.3 is 20.5 Å². The summed E-state index contributed by atoms with van der Waals surface area (Å²) >= 11 is 0. The Bertz CT molecular complexity index is 653. The summed E-state index contributed by atoms with van der Waals surface area (Å²) in [6.45, 7) is 1.18. The van der Waals surface area contributed by atoms with Crippen LogP contribution in [0.2, 0.25) is 0 Å². The zero-order chi connectivity index (χ0) is 17.2. The molecule has 0 heterocycles. The highest BCUT2D eigenvalue weighted by Crippen LogP contribution is 2.17. The summed E-state index contributed by atoms with van der Waals surface area (Å²) in [5.41, 5.74) is 6.05. The molecule has 1 amide bonds. The van der Waals surface area contributed by atoms with Gasteiger partial charge in [-0.25, -0.2) is 4.39 Å². The topological polar surface area (TPSA) is 73.6 Å². The average Bonchev–Trinajstić information content (AvgIpc) is 2.59. The normalized spacial score (nSPS) is 9.84. The molecule has 0 saturated heterocycles. The van der Waals surface area contributed by atoms with E-state index in [4.69, 9.17) is 15.2 Å². The van der Waals surface area contributed by atoms with E-state index in [0.29, 0.717) is 37.4 Å². The minimum atomic E-state index is -0.404. The number of ether oxygens (including phenoxy) is 2. The summed E-state index contributed by atoms with van der Waals surface area (Å²) < 4.78 is 24.0. The molecule has 0 unspecified atom stereocenters. The molecule has 0 aliphatic rings. The number of para-hydroxylation sites is 1. The molecule has 0 aliphatic heterocycles. The van der Waals surface area contributed by atoms with Gasteiger partial charge in [-0.15, -0.1) is 12.4 Å². The highest BCUT2D eigenvalue weighted by molar-refractivity contribution is 5.90. The van der Waals surface area contributed by atoms with Crippen molar-refractivity contribution in [2.75, 3.05) is 25.1 Å². The Morgan fingerprint density at radius 2 is 1.76 bits per heavy atom. The SMILES string of the molecule is Cl.NCCOc1ccc(NC(=O)CCCOc2ccccc2F)cc1. The zero-order valence-corrected chi connectivity index (χ0v) is 14.6. The average molecular weight is 369 g/mol. The summed E-state index contributed by atoms with van der Waals surface area (Å²) in [6.07, 6.45) is 0.789. The summed E-state index contributed by atoms with van der Waals surface area (Å²) in [4.78, 5) is 11.9. The second kappa shape index (κ2) is 11.3. The van der Waals surface area contributed by atoms with Gasteiger partial charge in [-0.05, 0) is 42.8 Å². The van der Waals surface area contributed by atoms with Crippen molar-refractivity contribution >= 4 is 24.0 Å². The van der Waals surface area contributed by atoms with Crippen LogP contribution in [0.5, 0.6) is 11.5 Å². The summed E-state index contributed by atoms with van der Waals surface area (Å²) in [5.74, 6) is 0.379. The van der Waals surface area contributed by atoms with Gasteiger partial charge in [0.25, 0.3) is 0 Å². The number of nitrogens with two attached hydrogens (primary N) is 1. The van der Waals surface area contributed by atoms with Crippen molar-refractivity contribution in [3.63, 3.8) is 0 Å². The molecular weight excluding hydrogens is 347 g/mol. The monoisotopic (exact) mass is 368 g/mol. The molecule has 0 spiro atoms. The number of carbonyl (C=O) groups is 1. The van der Waals surface area contributed by atoms with E-state index < -0.39 is 5.82 Å². The predicted octanol–water partition coefficient (Wildman–Crippen LogP) is 3.38. The molecule has 136 valence electrons. The molecule has 0 bridgehead atoms. The van der Waals surface area contributed by atoms with Crippen LogP contribution in [0.3, 0.4) is 0 Å². The number of anilines is 1. The van der Waals surface area contributed by atoms with Crippen molar-refractivity contribution in [2.24, 2.45) is 5.73 Å². The predicted molar refractivity (Wildman–Crippen MR) is 98.0 cm³/mol. The quantitative estimate of drug-likeness (QED) is 0.665. The first-order valence-corrected chi connectivity index (χ1v) is 7.79. The number of nitrogens with one attached hydrogen (secondary N) is 1. The molecule has 0 atom stereocenters. The molecule has 2 rings (SSSR count). The fraction of sp³-hybridized carbons (Fsp3) is 0.278. The maximum Gasteiger partial charge on any atom is 0.224 e. The third-order valence-corrected chi connectivity index (χ3v) is 3.17. The van der Waals surface area contributed by atoms with Crippen molar-refractivity contribution in [3.05, 3.63) is 54.3 Å². The minimum absolute atomic E-state index is 0. The van der Waals surface area contributed by atoms with Crippen LogP contribution in [0, 0.1) is 5.82 Å². The Balaban J connectivity index is 0.00000312. The van der Waals surface area contributed by atoms with E-state index in [1.165, 1.54) is 6.07 Å². The highest BCUT2D eigenvalue weighted by atomic mass is 35.5. The zero-order valence-electron chi connectivity index (χ0n) is 13.7. The summed E-state index contributed by atoms with van der Waals surface area (Å²) in [5, 5.41) is 2.79. The van der Waals surface area contributed by atoms with Gasteiger partial charge >= 0.3 is 0 Å². The van der Waals surface area contributed by atoms with Gasteiger partial charge in [-0.2, -0.15) is 0 Å². The van der Waals surface area contributed by atoms with Crippen molar-refractivity contribution in [2.45, 2.75) is 12.8 Å². The Kier molecular flexibility index (Phi) is 9.36. The molecule has 0 aliphatic carbocycles. The Morgan fingerprint density at radius 3 is 2.44 bits per heavy atom. The minimum Gasteiger partial charge on any atom is -0.492 e. The standard InChI is InChI=1S/C18H21FN2O3.ClH/c19-16-4-1-2-5-17(16)24-12-3-6-18(22)21-14-7-9-15(10-8-14)23-13-11-20;/h1-2,4-5,7-10H,3,6,11-13,20H2,(H,21,22);1H. The van der Waals surface area contributed by atoms with Gasteiger partial charge in [-0.1, -0.05) is 12.1 Å². The molecular formula is C18H22ClFN2O3. The molecule has 0 aromatic heterocycles. The number of rotatable bonds is 9. The Labute approximate surface area is 152 Å². The lowest BCUT2D eigenvalue weighted by atomic mass is 10.2. The smallest absolute Gasteiger partial charge is 0.224 e. The van der Waals surface area contributed by atoms with Crippen LogP contribution in [-0.4, -0.2) is 25.7 Å². The van der Waals surface area contributed by atoms with Crippen molar-refractivity contribution < 1.29 is 18.7 Å². The lowest BCUT2D eigenvalue weighted by molar-refractivity contribution is -0.116. The van der Waals surface area contributed by atoms with E-state index in [1.807, 2.05) is 0 Å². The van der Waals surface area contributed by atoms with Crippen LogP contribution in [0.15, 0.2) is 48.5 Å². The molecule has 25 heavy (non-hydrogen) atoms.